The zero-order valence-electron chi connectivity index (χ0n) is 13.9. The van der Waals surface area contributed by atoms with Gasteiger partial charge < -0.3 is 29.4 Å². The molecule has 3 aliphatic rings. The van der Waals surface area contributed by atoms with Gasteiger partial charge in [-0.3, -0.25) is 4.79 Å². The Morgan fingerprint density at radius 1 is 1.28 bits per heavy atom. The number of rotatable bonds is 3. The van der Waals surface area contributed by atoms with Crippen LogP contribution in [0.5, 0.6) is 0 Å². The standard InChI is InChI=1S/C15H20Cl3NO6/c1-12(2)23-5-8(24-12)7-4-13(3)10(25-13)9(21)14(7,6-20)19-11(22)15(16,17)18/h6-10,21H,4-5H2,1-3H3,(H,19,22)/t7-,8-,9-,10-,13+,14-/m1/s1. The van der Waals surface area contributed by atoms with E-state index < -0.39 is 50.9 Å². The number of aliphatic hydroxyl groups is 1. The van der Waals surface area contributed by atoms with Gasteiger partial charge in [-0.2, -0.15) is 0 Å². The van der Waals surface area contributed by atoms with E-state index in [1.807, 2.05) is 6.92 Å². The normalized spacial score (nSPS) is 45.6. The Kier molecular flexibility index (Phi) is 4.65. The van der Waals surface area contributed by atoms with Gasteiger partial charge in [0.15, 0.2) is 5.79 Å². The number of nitrogens with one attached hydrogen (secondary N) is 1. The van der Waals surface area contributed by atoms with E-state index in [0.29, 0.717) is 12.7 Å². The Morgan fingerprint density at radius 2 is 1.92 bits per heavy atom. The highest BCUT2D eigenvalue weighted by Crippen LogP contribution is 2.55. The van der Waals surface area contributed by atoms with Crippen LogP contribution in [0.4, 0.5) is 0 Å². The summed E-state index contributed by atoms with van der Waals surface area (Å²) >= 11 is 16.9. The molecule has 0 aromatic rings. The molecule has 0 aromatic carbocycles. The number of amides is 1. The first-order valence-electron chi connectivity index (χ1n) is 7.88. The summed E-state index contributed by atoms with van der Waals surface area (Å²) in [7, 11) is 0. The fourth-order valence-electron chi connectivity index (χ4n) is 3.87. The van der Waals surface area contributed by atoms with Crippen LogP contribution in [0, 0.1) is 5.92 Å². The second kappa shape index (κ2) is 5.92. The van der Waals surface area contributed by atoms with Crippen molar-refractivity contribution >= 4 is 47.0 Å². The lowest BCUT2D eigenvalue weighted by molar-refractivity contribution is -0.161. The number of hydrogen-bond donors (Lipinski definition) is 2. The molecule has 3 rings (SSSR count). The maximum Gasteiger partial charge on any atom is 0.273 e. The van der Waals surface area contributed by atoms with Crippen LogP contribution in [0.1, 0.15) is 27.2 Å². The molecule has 1 saturated carbocycles. The minimum absolute atomic E-state index is 0.199. The highest BCUT2D eigenvalue weighted by Gasteiger charge is 2.71. The Labute approximate surface area is 160 Å². The van der Waals surface area contributed by atoms with E-state index in [-0.39, 0.29) is 6.61 Å². The van der Waals surface area contributed by atoms with E-state index in [0.717, 1.165) is 0 Å². The Hall–Kier alpha value is -0.150. The third-order valence-corrected chi connectivity index (χ3v) is 5.73. The number of aliphatic hydroxyl groups excluding tert-OH is 1. The summed E-state index contributed by atoms with van der Waals surface area (Å²) in [6, 6.07) is 0. The zero-order chi connectivity index (χ0) is 18.8. The molecule has 0 aromatic heterocycles. The highest BCUT2D eigenvalue weighted by molar-refractivity contribution is 6.76. The lowest BCUT2D eigenvalue weighted by Crippen LogP contribution is -2.70. The molecule has 10 heteroatoms. The molecule has 2 N–H and O–H groups in total. The lowest BCUT2D eigenvalue weighted by atomic mass is 9.65. The summed E-state index contributed by atoms with van der Waals surface area (Å²) in [6.07, 6.45) is -1.60. The van der Waals surface area contributed by atoms with Crippen LogP contribution in [0.2, 0.25) is 0 Å². The number of aldehydes is 1. The molecule has 2 aliphatic heterocycles. The molecule has 1 amide bonds. The van der Waals surface area contributed by atoms with Gasteiger partial charge in [-0.1, -0.05) is 34.8 Å². The van der Waals surface area contributed by atoms with Gasteiger partial charge in [0.25, 0.3) is 9.70 Å². The molecule has 25 heavy (non-hydrogen) atoms. The molecule has 6 atom stereocenters. The van der Waals surface area contributed by atoms with Crippen molar-refractivity contribution < 1.29 is 28.9 Å². The first kappa shape index (κ1) is 19.6. The minimum atomic E-state index is -2.28. The van der Waals surface area contributed by atoms with E-state index in [1.165, 1.54) is 0 Å². The fraction of sp³-hybridized carbons (Fsp3) is 0.867. The third-order valence-electron chi connectivity index (χ3n) is 5.22. The summed E-state index contributed by atoms with van der Waals surface area (Å²) in [5.74, 6) is -2.47. The first-order valence-corrected chi connectivity index (χ1v) is 9.01. The topological polar surface area (TPSA) is 97.4 Å². The summed E-state index contributed by atoms with van der Waals surface area (Å²) < 4.78 is 14.8. The van der Waals surface area contributed by atoms with Gasteiger partial charge >= 0.3 is 0 Å². The van der Waals surface area contributed by atoms with Crippen LogP contribution >= 0.6 is 34.8 Å². The number of ether oxygens (including phenoxy) is 3. The number of alkyl halides is 3. The van der Waals surface area contributed by atoms with Gasteiger partial charge in [0.05, 0.1) is 18.3 Å². The number of epoxide rings is 1. The second-order valence-corrected chi connectivity index (χ2v) is 9.76. The minimum Gasteiger partial charge on any atom is -0.387 e. The molecule has 2 heterocycles. The SMILES string of the molecule is CC1(C)OC[C@H]([C@H]2C[C@]3(C)O[C@@H]3[C@@H](O)[C@]2(C=O)NC(=O)C(Cl)(Cl)Cl)O1. The Balaban J connectivity index is 1.96. The first-order chi connectivity index (χ1) is 11.3. The lowest BCUT2D eigenvalue weighted by Gasteiger charge is -2.46. The Morgan fingerprint density at radius 3 is 2.40 bits per heavy atom. The van der Waals surface area contributed by atoms with Crippen LogP contribution in [0.3, 0.4) is 0 Å². The number of carbonyl (C=O) groups is 2. The summed E-state index contributed by atoms with van der Waals surface area (Å²) in [5.41, 5.74) is -2.31. The van der Waals surface area contributed by atoms with Crippen LogP contribution in [0.15, 0.2) is 0 Å². The molecule has 7 nitrogen and oxygen atoms in total. The van der Waals surface area contributed by atoms with E-state index in [2.05, 4.69) is 5.32 Å². The van der Waals surface area contributed by atoms with E-state index in [1.54, 1.807) is 13.8 Å². The van der Waals surface area contributed by atoms with Gasteiger partial charge in [0, 0.05) is 5.92 Å². The van der Waals surface area contributed by atoms with Gasteiger partial charge in [0.2, 0.25) is 0 Å². The molecule has 0 unspecified atom stereocenters. The van der Waals surface area contributed by atoms with Crippen LogP contribution in [-0.2, 0) is 23.8 Å². The van der Waals surface area contributed by atoms with Crippen molar-refractivity contribution in [3.05, 3.63) is 0 Å². The van der Waals surface area contributed by atoms with Crippen molar-refractivity contribution in [2.75, 3.05) is 6.61 Å². The quantitative estimate of drug-likeness (QED) is 0.406. The second-order valence-electron chi connectivity index (χ2n) is 7.48. The van der Waals surface area contributed by atoms with Crippen molar-refractivity contribution in [3.8, 4) is 0 Å². The molecule has 0 bridgehead atoms. The van der Waals surface area contributed by atoms with Gasteiger partial charge in [-0.05, 0) is 27.2 Å². The monoisotopic (exact) mass is 415 g/mol. The van der Waals surface area contributed by atoms with Crippen LogP contribution < -0.4 is 5.32 Å². The predicted molar refractivity (Wildman–Crippen MR) is 89.5 cm³/mol. The van der Waals surface area contributed by atoms with Crippen molar-refractivity contribution in [2.24, 2.45) is 5.92 Å². The average Bonchev–Trinajstić information content (AvgIpc) is 3.04. The summed E-state index contributed by atoms with van der Waals surface area (Å²) in [5, 5.41) is 13.2. The number of carbonyl (C=O) groups excluding carboxylic acids is 2. The summed E-state index contributed by atoms with van der Waals surface area (Å²) in [6.45, 7) is 5.52. The smallest absolute Gasteiger partial charge is 0.273 e. The molecular weight excluding hydrogens is 397 g/mol. The van der Waals surface area contributed by atoms with E-state index >= 15 is 0 Å². The average molecular weight is 417 g/mol. The van der Waals surface area contributed by atoms with Crippen LogP contribution in [-0.4, -0.2) is 62.9 Å². The molecule has 3 fully saturated rings. The number of fused-ring (bicyclic) bond motifs is 1. The fourth-order valence-corrected chi connectivity index (χ4v) is 4.01. The zero-order valence-corrected chi connectivity index (χ0v) is 16.2. The largest absolute Gasteiger partial charge is 0.387 e. The van der Waals surface area contributed by atoms with Crippen molar-refractivity contribution in [3.63, 3.8) is 0 Å². The van der Waals surface area contributed by atoms with Crippen molar-refractivity contribution in [1.29, 1.82) is 0 Å². The van der Waals surface area contributed by atoms with Crippen LogP contribution in [0.25, 0.3) is 0 Å². The number of hydrogen-bond acceptors (Lipinski definition) is 6. The van der Waals surface area contributed by atoms with E-state index in [9.17, 15) is 14.7 Å². The third kappa shape index (κ3) is 3.29. The molecule has 142 valence electrons. The summed E-state index contributed by atoms with van der Waals surface area (Å²) in [4.78, 5) is 24.3. The maximum atomic E-state index is 12.2. The van der Waals surface area contributed by atoms with Gasteiger partial charge in [-0.15, -0.1) is 0 Å². The maximum absolute atomic E-state index is 12.2. The highest BCUT2D eigenvalue weighted by atomic mass is 35.6. The molecule has 0 radical (unpaired) electrons. The van der Waals surface area contributed by atoms with Crippen molar-refractivity contribution in [1.82, 2.24) is 5.32 Å². The van der Waals surface area contributed by atoms with Gasteiger partial charge in [0.1, 0.15) is 24.0 Å². The molecule has 0 spiro atoms. The number of halogens is 3. The predicted octanol–water partition coefficient (Wildman–Crippen LogP) is 1.10. The van der Waals surface area contributed by atoms with E-state index in [4.69, 9.17) is 49.0 Å². The molecule has 2 saturated heterocycles. The Bertz CT molecular complexity index is 596. The molecule has 1 aliphatic carbocycles. The van der Waals surface area contributed by atoms with Crippen molar-refractivity contribution in [2.45, 2.75) is 66.2 Å². The van der Waals surface area contributed by atoms with Gasteiger partial charge in [-0.25, -0.2) is 0 Å². The molecular formula is C15H20Cl3NO6.